The van der Waals surface area contributed by atoms with E-state index in [1.165, 1.54) is 10.3 Å². The third-order valence-electron chi connectivity index (χ3n) is 4.56. The molecule has 4 heteroatoms. The van der Waals surface area contributed by atoms with Gasteiger partial charge in [0.1, 0.15) is 10.8 Å². The molecule has 0 unspecified atom stereocenters. The van der Waals surface area contributed by atoms with E-state index in [9.17, 15) is 0 Å². The lowest BCUT2D eigenvalue weighted by Gasteiger charge is -2.02. The molecule has 27 heavy (non-hydrogen) atoms. The summed E-state index contributed by atoms with van der Waals surface area (Å²) in [6.45, 7) is 2.10. The Balaban J connectivity index is 1.72. The molecule has 130 valence electrons. The summed E-state index contributed by atoms with van der Waals surface area (Å²) in [7, 11) is 0. The van der Waals surface area contributed by atoms with Crippen LogP contribution in [0.1, 0.15) is 22.0 Å². The van der Waals surface area contributed by atoms with Gasteiger partial charge in [0.15, 0.2) is 0 Å². The lowest BCUT2D eigenvalue weighted by atomic mass is 10.1. The van der Waals surface area contributed by atoms with Crippen LogP contribution in [0.3, 0.4) is 0 Å². The maximum atomic E-state index is 4.86. The quantitative estimate of drug-likeness (QED) is 0.420. The molecule has 0 aliphatic carbocycles. The monoisotopic (exact) mass is 367 g/mol. The third-order valence-corrected chi connectivity index (χ3v) is 5.63. The van der Waals surface area contributed by atoms with Gasteiger partial charge in [0.2, 0.25) is 0 Å². The molecule has 3 nitrogen and oxygen atoms in total. The Morgan fingerprint density at radius 3 is 2.37 bits per heavy atom. The van der Waals surface area contributed by atoms with Gasteiger partial charge in [0.05, 0.1) is 26.8 Å². The fourth-order valence-electron chi connectivity index (χ4n) is 3.13. The van der Waals surface area contributed by atoms with Crippen LogP contribution in [0, 0.1) is 6.92 Å². The number of imidazole rings is 1. The molecule has 2 aromatic heterocycles. The molecule has 0 saturated carbocycles. The fraction of sp³-hybridized carbons (Fsp3) is 0.0435. The van der Waals surface area contributed by atoms with E-state index < -0.39 is 0 Å². The van der Waals surface area contributed by atoms with Crippen LogP contribution in [0.5, 0.6) is 0 Å². The van der Waals surface area contributed by atoms with Crippen molar-refractivity contribution in [3.8, 4) is 0 Å². The molecule has 0 spiro atoms. The number of hydrogen-bond donors (Lipinski definition) is 1. The molecule has 0 saturated heterocycles. The Kier molecular flexibility index (Phi) is 3.84. The van der Waals surface area contributed by atoms with Crippen molar-refractivity contribution in [2.24, 2.45) is 0 Å². The predicted octanol–water partition coefficient (Wildman–Crippen LogP) is 6.07. The van der Waals surface area contributed by atoms with Gasteiger partial charge >= 0.3 is 0 Å². The van der Waals surface area contributed by atoms with Gasteiger partial charge < -0.3 is 4.98 Å². The first-order valence-corrected chi connectivity index (χ1v) is 9.67. The van der Waals surface area contributed by atoms with Crippen molar-refractivity contribution in [1.29, 1.82) is 0 Å². The Bertz CT molecular complexity index is 1130. The highest BCUT2D eigenvalue weighted by Gasteiger charge is 2.15. The van der Waals surface area contributed by atoms with E-state index in [-0.39, 0.29) is 0 Å². The van der Waals surface area contributed by atoms with Crippen LogP contribution in [0.15, 0.2) is 72.8 Å². The molecule has 0 amide bonds. The molecule has 0 aliphatic heterocycles. The second-order valence-corrected chi connectivity index (χ2v) is 7.59. The van der Waals surface area contributed by atoms with Crippen molar-refractivity contribution in [3.63, 3.8) is 0 Å². The zero-order valence-electron chi connectivity index (χ0n) is 14.8. The van der Waals surface area contributed by atoms with E-state index in [2.05, 4.69) is 60.4 Å². The number of hydrogen-bond acceptors (Lipinski definition) is 3. The lowest BCUT2D eigenvalue weighted by molar-refractivity contribution is 1.25. The van der Waals surface area contributed by atoms with Gasteiger partial charge in [-0.1, -0.05) is 54.1 Å². The maximum absolute atomic E-state index is 4.86. The zero-order chi connectivity index (χ0) is 18.2. The predicted molar refractivity (Wildman–Crippen MR) is 114 cm³/mol. The number of rotatable bonds is 3. The van der Waals surface area contributed by atoms with Crippen LogP contribution in [0.4, 0.5) is 0 Å². The van der Waals surface area contributed by atoms with Crippen LogP contribution in [-0.4, -0.2) is 15.0 Å². The average Bonchev–Trinajstić information content (AvgIpc) is 3.31. The number of aromatic amines is 1. The number of aryl methyl sites for hydroxylation is 1. The summed E-state index contributed by atoms with van der Waals surface area (Å²) >= 11 is 1.69. The Morgan fingerprint density at radius 1 is 0.852 bits per heavy atom. The topological polar surface area (TPSA) is 41.6 Å². The van der Waals surface area contributed by atoms with E-state index in [1.807, 2.05) is 30.3 Å². The molecule has 3 aromatic carbocycles. The van der Waals surface area contributed by atoms with Crippen molar-refractivity contribution in [2.45, 2.75) is 6.92 Å². The molecule has 0 radical (unpaired) electrons. The number of thiazole rings is 1. The van der Waals surface area contributed by atoms with Gasteiger partial charge in [-0.15, -0.1) is 11.3 Å². The molecule has 1 N–H and O–H groups in total. The number of H-pyrrole nitrogens is 1. The van der Waals surface area contributed by atoms with Crippen molar-refractivity contribution in [1.82, 2.24) is 15.0 Å². The smallest absolute Gasteiger partial charge is 0.141 e. The Labute approximate surface area is 161 Å². The van der Waals surface area contributed by atoms with Crippen molar-refractivity contribution < 1.29 is 0 Å². The SMILES string of the molecule is Cc1ccc(/C=C(\c2nc3ccccc3[nH]2)c2nc3ccccc3s2)cc1. The highest BCUT2D eigenvalue weighted by molar-refractivity contribution is 7.19. The molecule has 0 fully saturated rings. The second-order valence-electron chi connectivity index (χ2n) is 6.56. The standard InChI is InChI=1S/C23H17N3S/c1-15-10-12-16(13-11-15)14-17(22-24-18-6-2-3-7-19(18)25-22)23-26-20-8-4-5-9-21(20)27-23/h2-14H,1H3,(H,24,25)/b17-14+. The third kappa shape index (κ3) is 3.04. The van der Waals surface area contributed by atoms with Crippen molar-refractivity contribution in [2.75, 3.05) is 0 Å². The second kappa shape index (κ2) is 6.49. The molecule has 0 bridgehead atoms. The maximum Gasteiger partial charge on any atom is 0.141 e. The average molecular weight is 367 g/mol. The molecule has 0 atom stereocenters. The highest BCUT2D eigenvalue weighted by Crippen LogP contribution is 2.32. The van der Waals surface area contributed by atoms with Crippen LogP contribution in [0.25, 0.3) is 32.9 Å². The molecule has 5 rings (SSSR count). The van der Waals surface area contributed by atoms with Crippen LogP contribution in [0.2, 0.25) is 0 Å². The molecular weight excluding hydrogens is 350 g/mol. The van der Waals surface area contributed by atoms with E-state index in [0.29, 0.717) is 0 Å². The van der Waals surface area contributed by atoms with Gasteiger partial charge in [-0.25, -0.2) is 9.97 Å². The highest BCUT2D eigenvalue weighted by atomic mass is 32.1. The van der Waals surface area contributed by atoms with E-state index in [0.717, 1.165) is 38.5 Å². The van der Waals surface area contributed by atoms with Gasteiger partial charge in [-0.3, -0.25) is 0 Å². The number of nitrogens with zero attached hydrogens (tertiary/aromatic N) is 2. The summed E-state index contributed by atoms with van der Waals surface area (Å²) < 4.78 is 1.18. The first-order valence-electron chi connectivity index (χ1n) is 8.86. The number of para-hydroxylation sites is 3. The number of aromatic nitrogens is 3. The summed E-state index contributed by atoms with van der Waals surface area (Å²) in [6.07, 6.45) is 2.16. The van der Waals surface area contributed by atoms with Gasteiger partial charge in [-0.2, -0.15) is 0 Å². The Hall–Kier alpha value is -3.24. The summed E-state index contributed by atoms with van der Waals surface area (Å²) in [5, 5.41) is 0.968. The van der Waals surface area contributed by atoms with E-state index in [1.54, 1.807) is 11.3 Å². The first-order chi connectivity index (χ1) is 13.3. The Morgan fingerprint density at radius 2 is 1.59 bits per heavy atom. The summed E-state index contributed by atoms with van der Waals surface area (Å²) in [4.78, 5) is 13.1. The van der Waals surface area contributed by atoms with Crippen LogP contribution in [-0.2, 0) is 0 Å². The normalized spacial score (nSPS) is 12.1. The fourth-order valence-corrected chi connectivity index (χ4v) is 4.11. The van der Waals surface area contributed by atoms with Crippen LogP contribution < -0.4 is 0 Å². The van der Waals surface area contributed by atoms with E-state index >= 15 is 0 Å². The summed E-state index contributed by atoms with van der Waals surface area (Å²) in [5.74, 6) is 0.843. The van der Waals surface area contributed by atoms with Gasteiger partial charge in [-0.05, 0) is 42.8 Å². The molecular formula is C23H17N3S. The lowest BCUT2D eigenvalue weighted by Crippen LogP contribution is -1.90. The van der Waals surface area contributed by atoms with Gasteiger partial charge in [0.25, 0.3) is 0 Å². The molecule has 2 heterocycles. The first kappa shape index (κ1) is 16.0. The van der Waals surface area contributed by atoms with Gasteiger partial charge in [0, 0.05) is 0 Å². The number of benzene rings is 3. The molecule has 0 aliphatic rings. The zero-order valence-corrected chi connectivity index (χ0v) is 15.6. The minimum Gasteiger partial charge on any atom is -0.338 e. The van der Waals surface area contributed by atoms with Crippen molar-refractivity contribution in [3.05, 3.63) is 94.8 Å². The summed E-state index contributed by atoms with van der Waals surface area (Å²) in [5.41, 5.74) is 6.40. The van der Waals surface area contributed by atoms with Crippen molar-refractivity contribution >= 4 is 44.2 Å². The largest absolute Gasteiger partial charge is 0.338 e. The molecule has 5 aromatic rings. The minimum absolute atomic E-state index is 0.843. The summed E-state index contributed by atoms with van der Waals surface area (Å²) in [6, 6.07) is 24.9. The minimum atomic E-state index is 0.843. The number of nitrogens with one attached hydrogen (secondary N) is 1. The van der Waals surface area contributed by atoms with Crippen LogP contribution >= 0.6 is 11.3 Å². The van der Waals surface area contributed by atoms with E-state index in [4.69, 9.17) is 9.97 Å². The number of fused-ring (bicyclic) bond motifs is 2.